The predicted molar refractivity (Wildman–Crippen MR) is 73.3 cm³/mol. The number of hydrogen-bond donors (Lipinski definition) is 1. The van der Waals surface area contributed by atoms with Crippen LogP contribution in [0.3, 0.4) is 0 Å². The second kappa shape index (κ2) is 5.38. The lowest BCUT2D eigenvalue weighted by molar-refractivity contribution is 0.185. The van der Waals surface area contributed by atoms with E-state index in [1.807, 2.05) is 24.3 Å². The minimum absolute atomic E-state index is 0.290. The van der Waals surface area contributed by atoms with E-state index in [1.165, 1.54) is 32.4 Å². The molecular weight excluding hydrogens is 232 g/mol. The molecule has 1 aliphatic heterocycles. The van der Waals surface area contributed by atoms with Gasteiger partial charge in [-0.25, -0.2) is 0 Å². The van der Waals surface area contributed by atoms with Crippen molar-refractivity contribution in [2.24, 2.45) is 5.73 Å². The van der Waals surface area contributed by atoms with Crippen molar-refractivity contribution in [3.63, 3.8) is 0 Å². The van der Waals surface area contributed by atoms with Crippen LogP contribution in [-0.2, 0) is 5.54 Å². The quantitative estimate of drug-likeness (QED) is 0.896. The van der Waals surface area contributed by atoms with E-state index in [-0.39, 0.29) is 5.54 Å². The Morgan fingerprint density at radius 2 is 1.76 bits per heavy atom. The van der Waals surface area contributed by atoms with Crippen molar-refractivity contribution in [1.29, 1.82) is 0 Å². The number of likely N-dealkylation sites (tertiary alicyclic amines) is 1. The van der Waals surface area contributed by atoms with E-state index in [1.54, 1.807) is 0 Å². The summed E-state index contributed by atoms with van der Waals surface area (Å²) < 4.78 is 0. The lowest BCUT2D eigenvalue weighted by atomic mass is 9.92. The van der Waals surface area contributed by atoms with Gasteiger partial charge in [-0.05, 0) is 50.6 Å². The first-order valence-electron chi connectivity index (χ1n) is 6.35. The third kappa shape index (κ3) is 3.44. The van der Waals surface area contributed by atoms with Gasteiger partial charge in [-0.3, -0.25) is 0 Å². The zero-order valence-corrected chi connectivity index (χ0v) is 11.2. The molecule has 0 saturated carbocycles. The van der Waals surface area contributed by atoms with Crippen LogP contribution in [0, 0.1) is 0 Å². The molecule has 2 N–H and O–H groups in total. The normalized spacial score (nSPS) is 21.1. The highest BCUT2D eigenvalue weighted by Gasteiger charge is 2.25. The molecule has 0 aliphatic carbocycles. The minimum atomic E-state index is -0.290. The van der Waals surface area contributed by atoms with Crippen LogP contribution in [0.1, 0.15) is 31.7 Å². The van der Waals surface area contributed by atoms with Gasteiger partial charge in [0, 0.05) is 11.6 Å². The van der Waals surface area contributed by atoms with Crippen molar-refractivity contribution in [1.82, 2.24) is 4.90 Å². The van der Waals surface area contributed by atoms with Gasteiger partial charge in [-0.1, -0.05) is 30.2 Å². The zero-order chi connectivity index (χ0) is 12.3. The summed E-state index contributed by atoms with van der Waals surface area (Å²) in [5.74, 6) is 0. The average Bonchev–Trinajstić information content (AvgIpc) is 2.30. The monoisotopic (exact) mass is 252 g/mol. The van der Waals surface area contributed by atoms with Crippen LogP contribution in [0.15, 0.2) is 24.3 Å². The summed E-state index contributed by atoms with van der Waals surface area (Å²) in [7, 11) is 0. The number of nitrogens with two attached hydrogens (primary N) is 1. The Bertz CT molecular complexity index is 353. The number of piperidine rings is 1. The van der Waals surface area contributed by atoms with Crippen molar-refractivity contribution in [3.05, 3.63) is 34.9 Å². The van der Waals surface area contributed by atoms with Crippen LogP contribution < -0.4 is 5.73 Å². The minimum Gasteiger partial charge on any atom is -0.321 e. The van der Waals surface area contributed by atoms with Crippen molar-refractivity contribution in [2.75, 3.05) is 19.6 Å². The van der Waals surface area contributed by atoms with E-state index in [2.05, 4.69) is 11.8 Å². The average molecular weight is 253 g/mol. The van der Waals surface area contributed by atoms with E-state index in [0.717, 1.165) is 17.1 Å². The van der Waals surface area contributed by atoms with Gasteiger partial charge in [0.05, 0.1) is 5.54 Å². The van der Waals surface area contributed by atoms with Crippen molar-refractivity contribution >= 4 is 11.6 Å². The first kappa shape index (κ1) is 12.9. The van der Waals surface area contributed by atoms with Gasteiger partial charge in [0.1, 0.15) is 0 Å². The van der Waals surface area contributed by atoms with Crippen LogP contribution in [0.5, 0.6) is 0 Å². The summed E-state index contributed by atoms with van der Waals surface area (Å²) in [6, 6.07) is 7.90. The Morgan fingerprint density at radius 3 is 2.35 bits per heavy atom. The van der Waals surface area contributed by atoms with E-state index in [9.17, 15) is 0 Å². The van der Waals surface area contributed by atoms with Gasteiger partial charge in [0.25, 0.3) is 0 Å². The summed E-state index contributed by atoms with van der Waals surface area (Å²) in [5.41, 5.74) is 7.30. The number of nitrogens with zero attached hydrogens (tertiary/aromatic N) is 1. The molecular formula is C14H21ClN2. The third-order valence-corrected chi connectivity index (χ3v) is 3.76. The van der Waals surface area contributed by atoms with Crippen LogP contribution in [0.25, 0.3) is 0 Å². The highest BCUT2D eigenvalue weighted by molar-refractivity contribution is 6.30. The van der Waals surface area contributed by atoms with Gasteiger partial charge in [-0.2, -0.15) is 0 Å². The standard InChI is InChI=1S/C14H21ClN2/c1-14(16,11-17-9-3-2-4-10-17)12-5-7-13(15)8-6-12/h5-8H,2-4,9-11,16H2,1H3. The molecule has 1 heterocycles. The Balaban J connectivity index is 2.04. The van der Waals surface area contributed by atoms with Gasteiger partial charge in [0.2, 0.25) is 0 Å². The molecule has 1 unspecified atom stereocenters. The van der Waals surface area contributed by atoms with Crippen LogP contribution >= 0.6 is 11.6 Å². The van der Waals surface area contributed by atoms with Crippen LogP contribution in [0.4, 0.5) is 0 Å². The lowest BCUT2D eigenvalue weighted by Gasteiger charge is -2.35. The molecule has 2 rings (SSSR count). The van der Waals surface area contributed by atoms with Gasteiger partial charge in [0.15, 0.2) is 0 Å². The summed E-state index contributed by atoms with van der Waals surface area (Å²) in [6.45, 7) is 5.39. The van der Waals surface area contributed by atoms with Gasteiger partial charge in [-0.15, -0.1) is 0 Å². The van der Waals surface area contributed by atoms with Crippen LogP contribution in [0.2, 0.25) is 5.02 Å². The highest BCUT2D eigenvalue weighted by atomic mass is 35.5. The molecule has 0 spiro atoms. The van der Waals surface area contributed by atoms with Crippen molar-refractivity contribution in [3.8, 4) is 0 Å². The first-order valence-corrected chi connectivity index (χ1v) is 6.73. The van der Waals surface area contributed by atoms with E-state index < -0.39 is 0 Å². The Hall–Kier alpha value is -0.570. The highest BCUT2D eigenvalue weighted by Crippen LogP contribution is 2.22. The fourth-order valence-electron chi connectivity index (χ4n) is 2.50. The topological polar surface area (TPSA) is 29.3 Å². The molecule has 0 amide bonds. The maximum Gasteiger partial charge on any atom is 0.0509 e. The number of hydrogen-bond acceptors (Lipinski definition) is 2. The molecule has 0 radical (unpaired) electrons. The lowest BCUT2D eigenvalue weighted by Crippen LogP contribution is -2.46. The fraction of sp³-hybridized carbons (Fsp3) is 0.571. The molecule has 94 valence electrons. The van der Waals surface area contributed by atoms with E-state index >= 15 is 0 Å². The van der Waals surface area contributed by atoms with Crippen molar-refractivity contribution < 1.29 is 0 Å². The molecule has 3 heteroatoms. The van der Waals surface area contributed by atoms with Crippen LogP contribution in [-0.4, -0.2) is 24.5 Å². The number of rotatable bonds is 3. The molecule has 1 aromatic rings. The second-order valence-corrected chi connectivity index (χ2v) is 5.70. The number of benzene rings is 1. The third-order valence-electron chi connectivity index (χ3n) is 3.50. The summed E-state index contributed by atoms with van der Waals surface area (Å²) in [5, 5.41) is 0.766. The first-order chi connectivity index (χ1) is 8.08. The van der Waals surface area contributed by atoms with E-state index in [0.29, 0.717) is 0 Å². The smallest absolute Gasteiger partial charge is 0.0509 e. The maximum absolute atomic E-state index is 6.43. The molecule has 2 nitrogen and oxygen atoms in total. The Kier molecular flexibility index (Phi) is 4.08. The molecule has 0 bridgehead atoms. The summed E-state index contributed by atoms with van der Waals surface area (Å²) in [4.78, 5) is 2.47. The second-order valence-electron chi connectivity index (χ2n) is 5.26. The summed E-state index contributed by atoms with van der Waals surface area (Å²) >= 11 is 5.90. The van der Waals surface area contributed by atoms with Crippen molar-refractivity contribution in [2.45, 2.75) is 31.7 Å². The zero-order valence-electron chi connectivity index (χ0n) is 10.5. The molecule has 1 aliphatic rings. The van der Waals surface area contributed by atoms with E-state index in [4.69, 9.17) is 17.3 Å². The largest absolute Gasteiger partial charge is 0.321 e. The Morgan fingerprint density at radius 1 is 1.18 bits per heavy atom. The molecule has 1 fully saturated rings. The molecule has 0 aromatic heterocycles. The SMILES string of the molecule is CC(N)(CN1CCCCC1)c1ccc(Cl)cc1. The molecule has 1 saturated heterocycles. The fourth-order valence-corrected chi connectivity index (χ4v) is 2.63. The van der Waals surface area contributed by atoms with Gasteiger partial charge >= 0.3 is 0 Å². The predicted octanol–water partition coefficient (Wildman–Crippen LogP) is 3.00. The Labute approximate surface area is 109 Å². The molecule has 17 heavy (non-hydrogen) atoms. The summed E-state index contributed by atoms with van der Waals surface area (Å²) in [6.07, 6.45) is 3.96. The number of halogens is 1. The maximum atomic E-state index is 6.43. The van der Waals surface area contributed by atoms with Gasteiger partial charge < -0.3 is 10.6 Å². The molecule has 1 aromatic carbocycles. The molecule has 1 atom stereocenters.